The Balaban J connectivity index is 2.17. The minimum atomic E-state index is -0.418. The van der Waals surface area contributed by atoms with Crippen LogP contribution in [0.15, 0.2) is 12.4 Å². The first kappa shape index (κ1) is 11.8. The van der Waals surface area contributed by atoms with Gasteiger partial charge in [0.1, 0.15) is 12.1 Å². The zero-order chi connectivity index (χ0) is 12.3. The van der Waals surface area contributed by atoms with Crippen LogP contribution in [-0.4, -0.2) is 36.1 Å². The molecule has 0 radical (unpaired) electrons. The zero-order valence-electron chi connectivity index (χ0n) is 10.2. The Kier molecular flexibility index (Phi) is 3.56. The molecule has 2 heterocycles. The summed E-state index contributed by atoms with van der Waals surface area (Å²) in [5, 5.41) is 0. The zero-order valence-corrected chi connectivity index (χ0v) is 10.2. The van der Waals surface area contributed by atoms with Crippen molar-refractivity contribution in [2.75, 3.05) is 25.1 Å². The molecule has 1 fully saturated rings. The lowest BCUT2D eigenvalue weighted by molar-refractivity contribution is 0.0594. The first-order chi connectivity index (χ1) is 8.20. The van der Waals surface area contributed by atoms with E-state index >= 15 is 0 Å². The molecule has 17 heavy (non-hydrogen) atoms. The van der Waals surface area contributed by atoms with Crippen LogP contribution >= 0.6 is 0 Å². The van der Waals surface area contributed by atoms with Crippen molar-refractivity contribution in [1.29, 1.82) is 0 Å². The molecule has 1 aliphatic rings. The Morgan fingerprint density at radius 1 is 1.53 bits per heavy atom. The topological polar surface area (TPSA) is 55.3 Å². The Bertz CT molecular complexity index is 408. The van der Waals surface area contributed by atoms with Crippen LogP contribution in [0.2, 0.25) is 0 Å². The predicted molar refractivity (Wildman–Crippen MR) is 64.0 cm³/mol. The number of carbonyl (C=O) groups is 1. The van der Waals surface area contributed by atoms with E-state index < -0.39 is 5.97 Å². The van der Waals surface area contributed by atoms with E-state index in [0.29, 0.717) is 11.6 Å². The number of rotatable bonds is 2. The molecule has 0 spiro atoms. The van der Waals surface area contributed by atoms with Crippen LogP contribution in [0.3, 0.4) is 0 Å². The van der Waals surface area contributed by atoms with Crippen LogP contribution in [0.4, 0.5) is 5.82 Å². The minimum absolute atomic E-state index is 0.315. The molecule has 5 nitrogen and oxygen atoms in total. The SMILES string of the molecule is COC(=O)c1cc(N2CCCC(C)C2)ncn1. The molecule has 2 rings (SSSR count). The maximum absolute atomic E-state index is 11.4. The van der Waals surface area contributed by atoms with Crippen LogP contribution in [0.1, 0.15) is 30.3 Å². The molecular weight excluding hydrogens is 218 g/mol. The third-order valence-corrected chi connectivity index (χ3v) is 3.03. The molecule has 1 aliphatic heterocycles. The first-order valence-corrected chi connectivity index (χ1v) is 5.86. The molecule has 1 saturated heterocycles. The monoisotopic (exact) mass is 235 g/mol. The lowest BCUT2D eigenvalue weighted by Gasteiger charge is -2.31. The Hall–Kier alpha value is -1.65. The van der Waals surface area contributed by atoms with E-state index in [1.54, 1.807) is 6.07 Å². The number of piperidine rings is 1. The average Bonchev–Trinajstić information content (AvgIpc) is 2.38. The molecular formula is C12H17N3O2. The molecule has 0 amide bonds. The summed E-state index contributed by atoms with van der Waals surface area (Å²) in [7, 11) is 1.35. The van der Waals surface area contributed by atoms with Crippen LogP contribution < -0.4 is 4.90 Å². The molecule has 1 atom stereocenters. The standard InChI is InChI=1S/C12H17N3O2/c1-9-4-3-5-15(7-9)11-6-10(12(16)17-2)13-8-14-11/h6,8-9H,3-5,7H2,1-2H3. The van der Waals surface area contributed by atoms with Gasteiger partial charge in [-0.15, -0.1) is 0 Å². The van der Waals surface area contributed by atoms with Gasteiger partial charge in [-0.25, -0.2) is 14.8 Å². The molecule has 0 aliphatic carbocycles. The third-order valence-electron chi connectivity index (χ3n) is 3.03. The summed E-state index contributed by atoms with van der Waals surface area (Å²) >= 11 is 0. The number of anilines is 1. The number of aromatic nitrogens is 2. The largest absolute Gasteiger partial charge is 0.464 e. The number of ether oxygens (including phenoxy) is 1. The molecule has 5 heteroatoms. The Morgan fingerprint density at radius 3 is 3.06 bits per heavy atom. The molecule has 0 bridgehead atoms. The van der Waals surface area contributed by atoms with Gasteiger partial charge in [-0.2, -0.15) is 0 Å². The highest BCUT2D eigenvalue weighted by Crippen LogP contribution is 2.21. The highest BCUT2D eigenvalue weighted by molar-refractivity contribution is 5.87. The third kappa shape index (κ3) is 2.72. The van der Waals surface area contributed by atoms with Gasteiger partial charge in [0.25, 0.3) is 0 Å². The second-order valence-electron chi connectivity index (χ2n) is 4.45. The smallest absolute Gasteiger partial charge is 0.356 e. The van der Waals surface area contributed by atoms with Crippen LogP contribution in [-0.2, 0) is 4.74 Å². The lowest BCUT2D eigenvalue weighted by atomic mass is 10.0. The molecule has 1 aromatic heterocycles. The number of hydrogen-bond acceptors (Lipinski definition) is 5. The van der Waals surface area contributed by atoms with Crippen molar-refractivity contribution < 1.29 is 9.53 Å². The summed E-state index contributed by atoms with van der Waals surface area (Å²) in [6, 6.07) is 1.70. The molecule has 92 valence electrons. The van der Waals surface area contributed by atoms with Gasteiger partial charge in [-0.1, -0.05) is 6.92 Å². The summed E-state index contributed by atoms with van der Waals surface area (Å²) in [6.07, 6.45) is 3.84. The van der Waals surface area contributed by atoms with E-state index in [1.165, 1.54) is 26.3 Å². The number of esters is 1. The Morgan fingerprint density at radius 2 is 2.35 bits per heavy atom. The number of nitrogens with zero attached hydrogens (tertiary/aromatic N) is 3. The van der Waals surface area contributed by atoms with Crippen molar-refractivity contribution >= 4 is 11.8 Å². The van der Waals surface area contributed by atoms with Crippen molar-refractivity contribution in [1.82, 2.24) is 9.97 Å². The van der Waals surface area contributed by atoms with E-state index in [4.69, 9.17) is 0 Å². The van der Waals surface area contributed by atoms with Gasteiger partial charge in [0.15, 0.2) is 5.69 Å². The predicted octanol–water partition coefficient (Wildman–Crippen LogP) is 1.50. The molecule has 1 unspecified atom stereocenters. The molecule has 0 N–H and O–H groups in total. The van der Waals surface area contributed by atoms with Gasteiger partial charge < -0.3 is 9.64 Å². The molecule has 1 aromatic rings. The number of carbonyl (C=O) groups excluding carboxylic acids is 1. The van der Waals surface area contributed by atoms with E-state index in [2.05, 4.69) is 26.5 Å². The molecule has 0 saturated carbocycles. The fourth-order valence-electron chi connectivity index (χ4n) is 2.13. The molecule has 0 aromatic carbocycles. The van der Waals surface area contributed by atoms with Gasteiger partial charge >= 0.3 is 5.97 Å². The normalized spacial score (nSPS) is 20.1. The quantitative estimate of drug-likeness (QED) is 0.727. The summed E-state index contributed by atoms with van der Waals surface area (Å²) in [6.45, 7) is 4.20. The fourth-order valence-corrected chi connectivity index (χ4v) is 2.13. The van der Waals surface area contributed by atoms with E-state index in [-0.39, 0.29) is 0 Å². The maximum Gasteiger partial charge on any atom is 0.356 e. The number of hydrogen-bond donors (Lipinski definition) is 0. The van der Waals surface area contributed by atoms with Crippen molar-refractivity contribution in [3.8, 4) is 0 Å². The summed E-state index contributed by atoms with van der Waals surface area (Å²) in [5.41, 5.74) is 0.315. The van der Waals surface area contributed by atoms with Gasteiger partial charge in [0, 0.05) is 19.2 Å². The maximum atomic E-state index is 11.4. The summed E-state index contributed by atoms with van der Waals surface area (Å²) < 4.78 is 4.65. The lowest BCUT2D eigenvalue weighted by Crippen LogP contribution is -2.35. The highest BCUT2D eigenvalue weighted by atomic mass is 16.5. The van der Waals surface area contributed by atoms with E-state index in [9.17, 15) is 4.79 Å². The summed E-state index contributed by atoms with van der Waals surface area (Å²) in [4.78, 5) is 21.7. The second kappa shape index (κ2) is 5.12. The van der Waals surface area contributed by atoms with Gasteiger partial charge in [-0.05, 0) is 18.8 Å². The van der Waals surface area contributed by atoms with Crippen LogP contribution in [0.25, 0.3) is 0 Å². The minimum Gasteiger partial charge on any atom is -0.464 e. The van der Waals surface area contributed by atoms with Crippen LogP contribution in [0, 0.1) is 5.92 Å². The van der Waals surface area contributed by atoms with Gasteiger partial charge in [0.05, 0.1) is 7.11 Å². The van der Waals surface area contributed by atoms with Gasteiger partial charge in [-0.3, -0.25) is 0 Å². The van der Waals surface area contributed by atoms with Crippen molar-refractivity contribution in [2.24, 2.45) is 5.92 Å². The highest BCUT2D eigenvalue weighted by Gasteiger charge is 2.19. The number of methoxy groups -OCH3 is 1. The Labute approximate surface area is 101 Å². The first-order valence-electron chi connectivity index (χ1n) is 5.86. The second-order valence-corrected chi connectivity index (χ2v) is 4.45. The van der Waals surface area contributed by atoms with E-state index in [1.807, 2.05) is 0 Å². The van der Waals surface area contributed by atoms with Crippen molar-refractivity contribution in [3.05, 3.63) is 18.1 Å². The fraction of sp³-hybridized carbons (Fsp3) is 0.583. The van der Waals surface area contributed by atoms with Crippen molar-refractivity contribution in [2.45, 2.75) is 19.8 Å². The average molecular weight is 235 g/mol. The van der Waals surface area contributed by atoms with E-state index in [0.717, 1.165) is 18.9 Å². The van der Waals surface area contributed by atoms with Crippen LogP contribution in [0.5, 0.6) is 0 Å². The van der Waals surface area contributed by atoms with Crippen molar-refractivity contribution in [3.63, 3.8) is 0 Å². The summed E-state index contributed by atoms with van der Waals surface area (Å²) in [5.74, 6) is 1.06. The van der Waals surface area contributed by atoms with Gasteiger partial charge in [0.2, 0.25) is 0 Å².